The lowest BCUT2D eigenvalue weighted by Gasteiger charge is -2.12. The number of hydrogen-bond acceptors (Lipinski definition) is 0. The van der Waals surface area contributed by atoms with E-state index in [2.05, 4.69) is 41.3 Å². The summed E-state index contributed by atoms with van der Waals surface area (Å²) in [6.45, 7) is 9.72. The van der Waals surface area contributed by atoms with Crippen LogP contribution in [0.1, 0.15) is 27.2 Å². The molecule has 0 nitrogen and oxygen atoms in total. The third-order valence-electron chi connectivity index (χ3n) is 2.24. The van der Waals surface area contributed by atoms with Crippen LogP contribution >= 0.6 is 34.2 Å². The van der Waals surface area contributed by atoms with Crippen LogP contribution < -0.4 is 0 Å². The van der Waals surface area contributed by atoms with Crippen LogP contribution in [-0.2, 0) is 0 Å². The van der Waals surface area contributed by atoms with E-state index in [1.54, 1.807) is 0 Å². The average molecular weight is 363 g/mol. The Labute approximate surface area is 124 Å². The minimum Gasteiger partial charge on any atom is -0.0991 e. The van der Waals surface area contributed by atoms with Gasteiger partial charge in [-0.15, -0.1) is 0 Å². The largest absolute Gasteiger partial charge is 0.0991 e. The van der Waals surface area contributed by atoms with E-state index in [1.165, 1.54) is 11.1 Å². The van der Waals surface area contributed by atoms with Gasteiger partial charge in [0.25, 0.3) is 0 Å². The molecule has 0 aromatic heterocycles. The molecule has 1 unspecified atom stereocenters. The highest BCUT2D eigenvalue weighted by Gasteiger charge is 2.10. The Morgan fingerprint density at radius 1 is 1.29 bits per heavy atom. The van der Waals surface area contributed by atoms with E-state index in [1.807, 2.05) is 45.1 Å². The van der Waals surface area contributed by atoms with Crippen molar-refractivity contribution in [1.82, 2.24) is 0 Å². The van der Waals surface area contributed by atoms with Crippen LogP contribution in [0.25, 0.3) is 0 Å². The Morgan fingerprint density at radius 2 is 1.88 bits per heavy atom. The average Bonchev–Trinajstić information content (AvgIpc) is 2.28. The molecule has 0 aromatic rings. The summed E-state index contributed by atoms with van der Waals surface area (Å²) >= 11 is 8.54. The summed E-state index contributed by atoms with van der Waals surface area (Å²) in [5.74, 6) is 0. The van der Waals surface area contributed by atoms with Gasteiger partial charge in [-0.1, -0.05) is 77.2 Å². The van der Waals surface area contributed by atoms with Crippen molar-refractivity contribution in [1.29, 1.82) is 0 Å². The second kappa shape index (κ2) is 9.72. The SMILES string of the molecule is C=C/C=C(\C=C/C)C(I)CC(/C=C\C)=C(/C)Cl. The molecule has 0 fully saturated rings. The first-order chi connectivity index (χ1) is 8.06. The molecule has 0 bridgehead atoms. The van der Waals surface area contributed by atoms with Gasteiger partial charge in [-0.05, 0) is 38.3 Å². The van der Waals surface area contributed by atoms with E-state index >= 15 is 0 Å². The number of alkyl halides is 1. The highest BCUT2D eigenvalue weighted by molar-refractivity contribution is 14.1. The van der Waals surface area contributed by atoms with Crippen LogP contribution in [0.15, 0.2) is 59.2 Å². The monoisotopic (exact) mass is 362 g/mol. The molecule has 0 spiro atoms. The van der Waals surface area contributed by atoms with Gasteiger partial charge in [0.15, 0.2) is 0 Å². The van der Waals surface area contributed by atoms with E-state index in [0.29, 0.717) is 3.92 Å². The molecule has 0 rings (SSSR count). The Bertz CT molecular complexity index is 355. The maximum Gasteiger partial charge on any atom is 0.0400 e. The van der Waals surface area contributed by atoms with Crippen molar-refractivity contribution in [3.05, 3.63) is 59.2 Å². The predicted octanol–water partition coefficient (Wildman–Crippen LogP) is 5.96. The third kappa shape index (κ3) is 6.89. The van der Waals surface area contributed by atoms with Gasteiger partial charge in [0.05, 0.1) is 0 Å². The zero-order valence-electron chi connectivity index (χ0n) is 10.7. The first-order valence-corrected chi connectivity index (χ1v) is 7.26. The van der Waals surface area contributed by atoms with E-state index < -0.39 is 0 Å². The smallest absolute Gasteiger partial charge is 0.0400 e. The van der Waals surface area contributed by atoms with Crippen LogP contribution in [0.5, 0.6) is 0 Å². The zero-order valence-corrected chi connectivity index (χ0v) is 13.6. The number of halogens is 2. The van der Waals surface area contributed by atoms with Crippen molar-refractivity contribution in [3.63, 3.8) is 0 Å². The standard InChI is InChI=1S/C15H20ClI/c1-5-8-13(9-6-2)15(17)11-14(10-7-3)12(4)16/h5-10,15H,1,11H2,2-4H3/b9-6-,10-7-,13-8+,14-12-. The molecule has 0 aliphatic carbocycles. The Kier molecular flexibility index (Phi) is 9.56. The van der Waals surface area contributed by atoms with E-state index in [9.17, 15) is 0 Å². The van der Waals surface area contributed by atoms with Crippen molar-refractivity contribution in [2.75, 3.05) is 0 Å². The van der Waals surface area contributed by atoms with Crippen LogP contribution in [0, 0.1) is 0 Å². The van der Waals surface area contributed by atoms with Gasteiger partial charge in [0.1, 0.15) is 0 Å². The van der Waals surface area contributed by atoms with Gasteiger partial charge in [-0.2, -0.15) is 0 Å². The van der Waals surface area contributed by atoms with E-state index in [0.717, 1.165) is 11.5 Å². The quantitative estimate of drug-likeness (QED) is 0.311. The lowest BCUT2D eigenvalue weighted by atomic mass is 10.0. The summed E-state index contributed by atoms with van der Waals surface area (Å²) < 4.78 is 0.404. The van der Waals surface area contributed by atoms with E-state index in [-0.39, 0.29) is 0 Å². The van der Waals surface area contributed by atoms with Gasteiger partial charge in [0.2, 0.25) is 0 Å². The number of rotatable bonds is 6. The molecule has 2 heteroatoms. The topological polar surface area (TPSA) is 0 Å². The molecular formula is C15H20ClI. The van der Waals surface area contributed by atoms with Crippen molar-refractivity contribution in [3.8, 4) is 0 Å². The fourth-order valence-corrected chi connectivity index (χ4v) is 2.46. The highest BCUT2D eigenvalue weighted by Crippen LogP contribution is 2.26. The number of hydrogen-bond donors (Lipinski definition) is 0. The van der Waals surface area contributed by atoms with Gasteiger partial charge in [0, 0.05) is 8.96 Å². The molecule has 0 amide bonds. The minimum absolute atomic E-state index is 0.404. The molecule has 17 heavy (non-hydrogen) atoms. The van der Waals surface area contributed by atoms with Crippen LogP contribution in [-0.4, -0.2) is 3.92 Å². The fraction of sp³-hybridized carbons (Fsp3) is 0.333. The second-order valence-electron chi connectivity index (χ2n) is 3.63. The van der Waals surface area contributed by atoms with Crippen molar-refractivity contribution in [2.45, 2.75) is 31.1 Å². The normalized spacial score (nSPS) is 16.4. The van der Waals surface area contributed by atoms with E-state index in [4.69, 9.17) is 11.6 Å². The zero-order chi connectivity index (χ0) is 13.3. The molecule has 0 aliphatic rings. The summed E-state index contributed by atoms with van der Waals surface area (Å²) in [6.07, 6.45) is 13.1. The molecule has 0 saturated carbocycles. The molecule has 0 aromatic carbocycles. The minimum atomic E-state index is 0.404. The first kappa shape index (κ1) is 16.7. The molecule has 0 heterocycles. The predicted molar refractivity (Wildman–Crippen MR) is 88.9 cm³/mol. The van der Waals surface area contributed by atoms with Crippen molar-refractivity contribution < 1.29 is 0 Å². The number of allylic oxidation sites excluding steroid dienone is 9. The van der Waals surface area contributed by atoms with Crippen LogP contribution in [0.3, 0.4) is 0 Å². The first-order valence-electron chi connectivity index (χ1n) is 5.64. The van der Waals surface area contributed by atoms with Gasteiger partial charge in [-0.3, -0.25) is 0 Å². The Balaban J connectivity index is 4.93. The highest BCUT2D eigenvalue weighted by atomic mass is 127. The lowest BCUT2D eigenvalue weighted by molar-refractivity contribution is 1.01. The molecule has 0 radical (unpaired) electrons. The van der Waals surface area contributed by atoms with Gasteiger partial charge < -0.3 is 0 Å². The fourth-order valence-electron chi connectivity index (χ4n) is 1.43. The summed E-state index contributed by atoms with van der Waals surface area (Å²) in [5.41, 5.74) is 2.45. The molecule has 94 valence electrons. The molecule has 0 saturated heterocycles. The van der Waals surface area contributed by atoms with Crippen LogP contribution in [0.2, 0.25) is 0 Å². The second-order valence-corrected chi connectivity index (χ2v) is 5.70. The van der Waals surface area contributed by atoms with Crippen molar-refractivity contribution >= 4 is 34.2 Å². The Hall–Kier alpha value is -0.280. The summed E-state index contributed by atoms with van der Waals surface area (Å²) in [7, 11) is 0. The van der Waals surface area contributed by atoms with Crippen LogP contribution in [0.4, 0.5) is 0 Å². The lowest BCUT2D eigenvalue weighted by Crippen LogP contribution is -2.02. The molecule has 0 aliphatic heterocycles. The van der Waals surface area contributed by atoms with Crippen molar-refractivity contribution in [2.24, 2.45) is 0 Å². The molecule has 1 atom stereocenters. The summed E-state index contributed by atoms with van der Waals surface area (Å²) in [5, 5.41) is 0.864. The maximum absolute atomic E-state index is 6.09. The molecule has 0 N–H and O–H groups in total. The maximum atomic E-state index is 6.09. The summed E-state index contributed by atoms with van der Waals surface area (Å²) in [6, 6.07) is 0. The summed E-state index contributed by atoms with van der Waals surface area (Å²) in [4.78, 5) is 0. The Morgan fingerprint density at radius 3 is 2.29 bits per heavy atom. The van der Waals surface area contributed by atoms with Gasteiger partial charge in [-0.25, -0.2) is 0 Å². The molecular weight excluding hydrogens is 343 g/mol. The third-order valence-corrected chi connectivity index (χ3v) is 3.64. The van der Waals surface area contributed by atoms with Gasteiger partial charge >= 0.3 is 0 Å².